The lowest BCUT2D eigenvalue weighted by Crippen LogP contribution is -1.84. The van der Waals surface area contributed by atoms with E-state index in [0.717, 1.165) is 22.8 Å². The minimum Gasteiger partial charge on any atom is -0.375 e. The van der Waals surface area contributed by atoms with Crippen LogP contribution in [0, 0.1) is 0 Å². The molecule has 0 amide bonds. The third kappa shape index (κ3) is 2.77. The average molecular weight is 250 g/mol. The van der Waals surface area contributed by atoms with E-state index in [9.17, 15) is 0 Å². The predicted octanol–water partition coefficient (Wildman–Crippen LogP) is 3.65. The minimum atomic E-state index is 0.626. The molecule has 0 bridgehead atoms. The molecule has 1 aromatic carbocycles. The second-order valence-corrected chi connectivity index (χ2v) is 5.57. The zero-order chi connectivity index (χ0) is 11.4. The molecular formula is C12H14N2S2. The van der Waals surface area contributed by atoms with Gasteiger partial charge in [-0.2, -0.15) is 11.8 Å². The first-order valence-electron chi connectivity index (χ1n) is 5.17. The lowest BCUT2D eigenvalue weighted by Gasteiger charge is -2.01. The van der Waals surface area contributed by atoms with Crippen molar-refractivity contribution in [2.75, 3.05) is 11.5 Å². The van der Waals surface area contributed by atoms with Crippen LogP contribution in [-0.4, -0.2) is 10.7 Å². The Bertz CT molecular complexity index is 448. The molecule has 2 nitrogen and oxygen atoms in total. The fourth-order valence-corrected chi connectivity index (χ4v) is 2.62. The smallest absolute Gasteiger partial charge is 0.180 e. The number of hydrogen-bond acceptors (Lipinski definition) is 4. The Morgan fingerprint density at radius 2 is 2.06 bits per heavy atom. The Morgan fingerprint density at radius 3 is 2.62 bits per heavy atom. The van der Waals surface area contributed by atoms with Crippen molar-refractivity contribution >= 4 is 28.2 Å². The second kappa shape index (κ2) is 5.37. The van der Waals surface area contributed by atoms with E-state index in [1.165, 1.54) is 16.9 Å². The van der Waals surface area contributed by atoms with Gasteiger partial charge >= 0.3 is 0 Å². The predicted molar refractivity (Wildman–Crippen MR) is 73.8 cm³/mol. The van der Waals surface area contributed by atoms with Gasteiger partial charge in [-0.25, -0.2) is 4.98 Å². The molecule has 0 aliphatic heterocycles. The van der Waals surface area contributed by atoms with Crippen molar-refractivity contribution in [3.8, 4) is 11.3 Å². The molecule has 16 heavy (non-hydrogen) atoms. The third-order valence-corrected chi connectivity index (χ3v) is 3.86. The van der Waals surface area contributed by atoms with Gasteiger partial charge in [0.15, 0.2) is 5.13 Å². The Labute approximate surface area is 104 Å². The van der Waals surface area contributed by atoms with Crippen LogP contribution in [0.25, 0.3) is 11.3 Å². The van der Waals surface area contributed by atoms with Gasteiger partial charge in [-0.1, -0.05) is 31.2 Å². The van der Waals surface area contributed by atoms with Gasteiger partial charge < -0.3 is 5.73 Å². The Balaban J connectivity index is 2.13. The summed E-state index contributed by atoms with van der Waals surface area (Å²) in [5.74, 6) is 2.24. The molecule has 84 valence electrons. The highest BCUT2D eigenvalue weighted by Crippen LogP contribution is 2.24. The summed E-state index contributed by atoms with van der Waals surface area (Å²) in [6, 6.07) is 8.54. The van der Waals surface area contributed by atoms with Gasteiger partial charge in [0.25, 0.3) is 0 Å². The SMILES string of the molecule is CCSCc1ccc(-c2csc(N)n2)cc1. The fourth-order valence-electron chi connectivity index (χ4n) is 1.41. The summed E-state index contributed by atoms with van der Waals surface area (Å²) in [6.45, 7) is 2.18. The zero-order valence-corrected chi connectivity index (χ0v) is 10.8. The number of hydrogen-bond donors (Lipinski definition) is 1. The number of thioether (sulfide) groups is 1. The number of benzene rings is 1. The molecular weight excluding hydrogens is 236 g/mol. The summed E-state index contributed by atoms with van der Waals surface area (Å²) in [6.07, 6.45) is 0. The van der Waals surface area contributed by atoms with Crippen LogP contribution in [0.5, 0.6) is 0 Å². The zero-order valence-electron chi connectivity index (χ0n) is 9.14. The minimum absolute atomic E-state index is 0.626. The lowest BCUT2D eigenvalue weighted by atomic mass is 10.1. The van der Waals surface area contributed by atoms with E-state index in [1.807, 2.05) is 17.1 Å². The van der Waals surface area contributed by atoms with Gasteiger partial charge in [0.1, 0.15) is 0 Å². The summed E-state index contributed by atoms with van der Waals surface area (Å²) in [5.41, 5.74) is 9.08. The van der Waals surface area contributed by atoms with Crippen molar-refractivity contribution in [1.82, 2.24) is 4.98 Å². The summed E-state index contributed by atoms with van der Waals surface area (Å²) < 4.78 is 0. The summed E-state index contributed by atoms with van der Waals surface area (Å²) in [5, 5.41) is 2.62. The Morgan fingerprint density at radius 1 is 1.31 bits per heavy atom. The van der Waals surface area contributed by atoms with Crippen molar-refractivity contribution < 1.29 is 0 Å². The molecule has 0 saturated carbocycles. The maximum Gasteiger partial charge on any atom is 0.180 e. The lowest BCUT2D eigenvalue weighted by molar-refractivity contribution is 1.37. The van der Waals surface area contributed by atoms with Gasteiger partial charge in [0.2, 0.25) is 0 Å². The second-order valence-electron chi connectivity index (χ2n) is 3.41. The van der Waals surface area contributed by atoms with Crippen molar-refractivity contribution in [3.63, 3.8) is 0 Å². The molecule has 0 spiro atoms. The van der Waals surface area contributed by atoms with Crippen LogP contribution in [0.15, 0.2) is 29.6 Å². The topological polar surface area (TPSA) is 38.9 Å². The van der Waals surface area contributed by atoms with Crippen molar-refractivity contribution in [1.29, 1.82) is 0 Å². The third-order valence-electron chi connectivity index (χ3n) is 2.24. The first-order valence-corrected chi connectivity index (χ1v) is 7.21. The van der Waals surface area contributed by atoms with Gasteiger partial charge in [0, 0.05) is 16.7 Å². The number of thiazole rings is 1. The number of nitrogen functional groups attached to an aromatic ring is 1. The van der Waals surface area contributed by atoms with Crippen molar-refractivity contribution in [2.24, 2.45) is 0 Å². The van der Waals surface area contributed by atoms with Gasteiger partial charge in [0.05, 0.1) is 5.69 Å². The normalized spacial score (nSPS) is 10.6. The maximum atomic E-state index is 5.62. The standard InChI is InChI=1S/C12H14N2S2/c1-2-15-7-9-3-5-10(6-4-9)11-8-16-12(13)14-11/h3-6,8H,2,7H2,1H3,(H2,13,14). The van der Waals surface area contributed by atoms with E-state index in [2.05, 4.69) is 36.2 Å². The maximum absolute atomic E-state index is 5.62. The molecule has 0 aliphatic carbocycles. The number of rotatable bonds is 4. The molecule has 0 unspecified atom stereocenters. The quantitative estimate of drug-likeness (QED) is 0.900. The monoisotopic (exact) mass is 250 g/mol. The highest BCUT2D eigenvalue weighted by atomic mass is 32.2. The van der Waals surface area contributed by atoms with E-state index in [-0.39, 0.29) is 0 Å². The Kier molecular flexibility index (Phi) is 3.85. The number of aromatic nitrogens is 1. The molecule has 2 rings (SSSR count). The molecule has 1 heterocycles. The highest BCUT2D eigenvalue weighted by Gasteiger charge is 2.02. The summed E-state index contributed by atoms with van der Waals surface area (Å²) >= 11 is 3.41. The van der Waals surface area contributed by atoms with E-state index in [4.69, 9.17) is 5.73 Å². The Hall–Kier alpha value is -1.00. The van der Waals surface area contributed by atoms with Crippen LogP contribution < -0.4 is 5.73 Å². The number of nitrogens with two attached hydrogens (primary N) is 1. The van der Waals surface area contributed by atoms with Crippen LogP contribution in [0.4, 0.5) is 5.13 Å². The molecule has 0 aliphatic rings. The molecule has 4 heteroatoms. The van der Waals surface area contributed by atoms with Crippen LogP contribution in [-0.2, 0) is 5.75 Å². The molecule has 2 aromatic rings. The molecule has 0 radical (unpaired) electrons. The fraction of sp³-hybridized carbons (Fsp3) is 0.250. The van der Waals surface area contributed by atoms with Crippen molar-refractivity contribution in [3.05, 3.63) is 35.2 Å². The van der Waals surface area contributed by atoms with E-state index < -0.39 is 0 Å². The van der Waals surface area contributed by atoms with Gasteiger partial charge in [-0.15, -0.1) is 11.3 Å². The molecule has 2 N–H and O–H groups in total. The van der Waals surface area contributed by atoms with Crippen LogP contribution in [0.3, 0.4) is 0 Å². The first-order chi connectivity index (χ1) is 7.79. The van der Waals surface area contributed by atoms with E-state index in [1.54, 1.807) is 0 Å². The number of anilines is 1. The molecule has 0 atom stereocenters. The van der Waals surface area contributed by atoms with E-state index in [0.29, 0.717) is 5.13 Å². The molecule has 0 fully saturated rings. The summed E-state index contributed by atoms with van der Waals surface area (Å²) in [7, 11) is 0. The number of nitrogens with zero attached hydrogens (tertiary/aromatic N) is 1. The van der Waals surface area contributed by atoms with Crippen LogP contribution in [0.2, 0.25) is 0 Å². The molecule has 1 aromatic heterocycles. The molecule has 0 saturated heterocycles. The average Bonchev–Trinajstić information content (AvgIpc) is 2.74. The van der Waals surface area contributed by atoms with Crippen molar-refractivity contribution in [2.45, 2.75) is 12.7 Å². The van der Waals surface area contributed by atoms with E-state index >= 15 is 0 Å². The van der Waals surface area contributed by atoms with Crippen LogP contribution in [0.1, 0.15) is 12.5 Å². The van der Waals surface area contributed by atoms with Gasteiger partial charge in [-0.05, 0) is 11.3 Å². The largest absolute Gasteiger partial charge is 0.375 e. The highest BCUT2D eigenvalue weighted by molar-refractivity contribution is 7.98. The first kappa shape index (κ1) is 11.5. The van der Waals surface area contributed by atoms with Crippen LogP contribution >= 0.6 is 23.1 Å². The summed E-state index contributed by atoms with van der Waals surface area (Å²) in [4.78, 5) is 4.26. The van der Waals surface area contributed by atoms with Gasteiger partial charge in [-0.3, -0.25) is 0 Å².